The van der Waals surface area contributed by atoms with Gasteiger partial charge in [0.15, 0.2) is 0 Å². The molecule has 0 spiro atoms. The summed E-state index contributed by atoms with van der Waals surface area (Å²) in [6, 6.07) is 0. The van der Waals surface area contributed by atoms with E-state index in [-0.39, 0.29) is 17.4 Å². The van der Waals surface area contributed by atoms with Crippen molar-refractivity contribution in [1.82, 2.24) is 5.32 Å². The average molecular weight is 114 g/mol. The number of morpholine rings is 1. The number of hydrogen-bond acceptors (Lipinski definition) is 2. The molecular formula is C4H9AlNO. The van der Waals surface area contributed by atoms with Crippen molar-refractivity contribution in [3.05, 3.63) is 0 Å². The molecule has 1 rings (SSSR count). The van der Waals surface area contributed by atoms with Gasteiger partial charge in [0.05, 0.1) is 13.2 Å². The van der Waals surface area contributed by atoms with E-state index in [1.165, 1.54) is 0 Å². The summed E-state index contributed by atoms with van der Waals surface area (Å²) < 4.78 is 5.01. The van der Waals surface area contributed by atoms with E-state index in [2.05, 4.69) is 5.32 Å². The fourth-order valence-electron chi connectivity index (χ4n) is 0.516. The molecule has 0 aromatic carbocycles. The zero-order chi connectivity index (χ0) is 4.24. The first-order valence-corrected chi connectivity index (χ1v) is 2.28. The standard InChI is InChI=1S/C4H9NO.Al/c1-3-6-4-2-5-1;/h5H,1-4H2;. The van der Waals surface area contributed by atoms with Gasteiger partial charge in [0.2, 0.25) is 0 Å². The molecule has 3 heteroatoms. The van der Waals surface area contributed by atoms with Gasteiger partial charge in [0, 0.05) is 30.5 Å². The van der Waals surface area contributed by atoms with Crippen LogP contribution in [0, 0.1) is 0 Å². The van der Waals surface area contributed by atoms with E-state index in [0.717, 1.165) is 26.3 Å². The smallest absolute Gasteiger partial charge is 0.0591 e. The predicted octanol–water partition coefficient (Wildman–Crippen LogP) is -0.775. The van der Waals surface area contributed by atoms with Crippen molar-refractivity contribution < 1.29 is 4.74 Å². The molecule has 1 fully saturated rings. The SMILES string of the molecule is C1COCCN1.[Al]. The lowest BCUT2D eigenvalue weighted by molar-refractivity contribution is 0.109. The summed E-state index contributed by atoms with van der Waals surface area (Å²) in [5.41, 5.74) is 0. The Morgan fingerprint density at radius 3 is 1.86 bits per heavy atom. The molecular weight excluding hydrogens is 105 g/mol. The zero-order valence-electron chi connectivity index (χ0n) is 4.31. The van der Waals surface area contributed by atoms with Gasteiger partial charge in [-0.05, 0) is 0 Å². The Hall–Kier alpha value is 0.452. The van der Waals surface area contributed by atoms with Crippen LogP contribution < -0.4 is 5.32 Å². The molecule has 1 heterocycles. The first-order chi connectivity index (χ1) is 3.00. The van der Waals surface area contributed by atoms with Gasteiger partial charge < -0.3 is 10.1 Å². The second-order valence-electron chi connectivity index (χ2n) is 1.36. The highest BCUT2D eigenvalue weighted by Gasteiger charge is 1.92. The minimum Gasteiger partial charge on any atom is -0.379 e. The van der Waals surface area contributed by atoms with E-state index in [9.17, 15) is 0 Å². The second kappa shape index (κ2) is 4.61. The van der Waals surface area contributed by atoms with Gasteiger partial charge in [-0.1, -0.05) is 0 Å². The Bertz CT molecular complexity index is 27.2. The molecule has 1 N–H and O–H groups in total. The largest absolute Gasteiger partial charge is 0.379 e. The van der Waals surface area contributed by atoms with Gasteiger partial charge >= 0.3 is 0 Å². The Kier molecular flexibility index (Phi) is 4.91. The van der Waals surface area contributed by atoms with Crippen molar-refractivity contribution in [2.75, 3.05) is 26.3 Å². The monoisotopic (exact) mass is 114 g/mol. The van der Waals surface area contributed by atoms with Crippen LogP contribution in [0.3, 0.4) is 0 Å². The van der Waals surface area contributed by atoms with Crippen LogP contribution in [0.4, 0.5) is 0 Å². The number of hydrogen-bond donors (Lipinski definition) is 1. The minimum absolute atomic E-state index is 0. The van der Waals surface area contributed by atoms with Gasteiger partial charge in [-0.25, -0.2) is 0 Å². The van der Waals surface area contributed by atoms with Crippen LogP contribution >= 0.6 is 0 Å². The third kappa shape index (κ3) is 3.07. The van der Waals surface area contributed by atoms with Crippen molar-refractivity contribution in [3.8, 4) is 0 Å². The molecule has 0 saturated carbocycles. The minimum atomic E-state index is 0. The summed E-state index contributed by atoms with van der Waals surface area (Å²) in [6.45, 7) is 3.83. The van der Waals surface area contributed by atoms with Gasteiger partial charge in [0.1, 0.15) is 0 Å². The molecule has 39 valence electrons. The number of rotatable bonds is 0. The first-order valence-electron chi connectivity index (χ1n) is 2.28. The van der Waals surface area contributed by atoms with Crippen LogP contribution in [0.25, 0.3) is 0 Å². The van der Waals surface area contributed by atoms with E-state index in [1.807, 2.05) is 0 Å². The molecule has 1 aliphatic rings. The van der Waals surface area contributed by atoms with Gasteiger partial charge in [-0.3, -0.25) is 0 Å². The van der Waals surface area contributed by atoms with E-state index in [1.54, 1.807) is 0 Å². The summed E-state index contributed by atoms with van der Waals surface area (Å²) in [7, 11) is 0. The van der Waals surface area contributed by atoms with E-state index in [4.69, 9.17) is 4.74 Å². The van der Waals surface area contributed by atoms with Crippen molar-refractivity contribution >= 4 is 17.4 Å². The zero-order valence-corrected chi connectivity index (χ0v) is 5.47. The highest BCUT2D eigenvalue weighted by molar-refractivity contribution is 5.75. The fraction of sp³-hybridized carbons (Fsp3) is 1.00. The fourth-order valence-corrected chi connectivity index (χ4v) is 0.516. The molecule has 3 radical (unpaired) electrons. The number of nitrogens with one attached hydrogen (secondary N) is 1. The molecule has 0 aliphatic carbocycles. The van der Waals surface area contributed by atoms with Crippen molar-refractivity contribution in [2.24, 2.45) is 0 Å². The number of ether oxygens (including phenoxy) is 1. The quantitative estimate of drug-likeness (QED) is 0.417. The highest BCUT2D eigenvalue weighted by Crippen LogP contribution is 1.76. The molecule has 0 aromatic rings. The summed E-state index contributed by atoms with van der Waals surface area (Å²) >= 11 is 0. The van der Waals surface area contributed by atoms with Crippen molar-refractivity contribution in [2.45, 2.75) is 0 Å². The molecule has 0 unspecified atom stereocenters. The van der Waals surface area contributed by atoms with Crippen LogP contribution in [-0.2, 0) is 4.74 Å². The third-order valence-electron chi connectivity index (χ3n) is 0.846. The Balaban J connectivity index is 0.000000360. The van der Waals surface area contributed by atoms with Gasteiger partial charge in [0.25, 0.3) is 0 Å². The topological polar surface area (TPSA) is 21.3 Å². The lowest BCUT2D eigenvalue weighted by atomic mass is 10.5. The van der Waals surface area contributed by atoms with Crippen molar-refractivity contribution in [3.63, 3.8) is 0 Å². The van der Waals surface area contributed by atoms with E-state index in [0.29, 0.717) is 0 Å². The Morgan fingerprint density at radius 2 is 1.71 bits per heavy atom. The molecule has 1 saturated heterocycles. The molecule has 1 aliphatic heterocycles. The van der Waals surface area contributed by atoms with Crippen LogP contribution in [0.15, 0.2) is 0 Å². The third-order valence-corrected chi connectivity index (χ3v) is 0.846. The molecule has 0 bridgehead atoms. The molecule has 0 atom stereocenters. The maximum Gasteiger partial charge on any atom is 0.0591 e. The molecule has 2 nitrogen and oxygen atoms in total. The van der Waals surface area contributed by atoms with Gasteiger partial charge in [-0.15, -0.1) is 0 Å². The molecule has 0 amide bonds. The summed E-state index contributed by atoms with van der Waals surface area (Å²) in [5, 5.41) is 3.16. The lowest BCUT2D eigenvalue weighted by Gasteiger charge is -2.10. The summed E-state index contributed by atoms with van der Waals surface area (Å²) in [6.07, 6.45) is 0. The summed E-state index contributed by atoms with van der Waals surface area (Å²) in [4.78, 5) is 0. The normalized spacial score (nSPS) is 20.6. The first kappa shape index (κ1) is 7.45. The summed E-state index contributed by atoms with van der Waals surface area (Å²) in [5.74, 6) is 0. The van der Waals surface area contributed by atoms with Gasteiger partial charge in [-0.2, -0.15) is 0 Å². The Labute approximate surface area is 54.4 Å². The molecule has 0 aromatic heterocycles. The molecule has 7 heavy (non-hydrogen) atoms. The highest BCUT2D eigenvalue weighted by atomic mass is 27.0. The second-order valence-corrected chi connectivity index (χ2v) is 1.36. The van der Waals surface area contributed by atoms with Crippen LogP contribution in [0.2, 0.25) is 0 Å². The van der Waals surface area contributed by atoms with E-state index >= 15 is 0 Å². The van der Waals surface area contributed by atoms with Crippen LogP contribution in [0.5, 0.6) is 0 Å². The van der Waals surface area contributed by atoms with Crippen LogP contribution in [0.1, 0.15) is 0 Å². The Morgan fingerprint density at radius 1 is 1.14 bits per heavy atom. The average Bonchev–Trinajstić information content (AvgIpc) is 1.72. The van der Waals surface area contributed by atoms with Crippen molar-refractivity contribution in [1.29, 1.82) is 0 Å². The maximum absolute atomic E-state index is 5.01. The van der Waals surface area contributed by atoms with Crippen LogP contribution in [-0.4, -0.2) is 43.7 Å². The van der Waals surface area contributed by atoms with E-state index < -0.39 is 0 Å². The predicted molar refractivity (Wildman–Crippen MR) is 29.4 cm³/mol. The lowest BCUT2D eigenvalue weighted by Crippen LogP contribution is -2.30. The maximum atomic E-state index is 5.01.